The molecule has 0 fully saturated rings. The van der Waals surface area contributed by atoms with Gasteiger partial charge in [-0.2, -0.15) is 5.26 Å². The molecule has 0 saturated heterocycles. The van der Waals surface area contributed by atoms with Crippen molar-refractivity contribution in [1.29, 1.82) is 5.26 Å². The lowest BCUT2D eigenvalue weighted by Gasteiger charge is -2.17. The third kappa shape index (κ3) is 5.43. The molecular weight excluding hydrogens is 462 g/mol. The molecule has 0 saturated carbocycles. The van der Waals surface area contributed by atoms with Gasteiger partial charge in [0, 0.05) is 16.8 Å². The monoisotopic (exact) mass is 489 g/mol. The van der Waals surface area contributed by atoms with Gasteiger partial charge in [-0.15, -0.1) is 0 Å². The minimum absolute atomic E-state index is 0.222. The van der Waals surface area contributed by atoms with Crippen LogP contribution in [-0.2, 0) is 5.41 Å². The molecule has 0 aliphatic rings. The first kappa shape index (κ1) is 25.4. The summed E-state index contributed by atoms with van der Waals surface area (Å²) < 4.78 is 1.48. The number of fused-ring (bicyclic) bond motifs is 1. The van der Waals surface area contributed by atoms with Crippen LogP contribution in [0.5, 0.6) is 0 Å². The molecule has 0 unspecified atom stereocenters. The van der Waals surface area contributed by atoms with Gasteiger partial charge < -0.3 is 10.6 Å². The van der Waals surface area contributed by atoms with Crippen LogP contribution in [0.2, 0.25) is 0 Å². The summed E-state index contributed by atoms with van der Waals surface area (Å²) in [6, 6.07) is 20.1. The van der Waals surface area contributed by atoms with E-state index in [2.05, 4.69) is 33.5 Å². The molecule has 37 heavy (non-hydrogen) atoms. The van der Waals surface area contributed by atoms with Gasteiger partial charge in [0.05, 0.1) is 34.6 Å². The van der Waals surface area contributed by atoms with E-state index in [4.69, 9.17) is 0 Å². The zero-order valence-corrected chi connectivity index (χ0v) is 21.2. The van der Waals surface area contributed by atoms with Crippen molar-refractivity contribution in [3.8, 4) is 23.6 Å². The molecule has 0 aliphatic heterocycles. The number of anilines is 1. The number of carbonyl (C=O) groups excluding carboxylic acids is 1. The van der Waals surface area contributed by atoms with Gasteiger partial charge in [-0.1, -0.05) is 30.0 Å². The highest BCUT2D eigenvalue weighted by Crippen LogP contribution is 2.24. The number of rotatable bonds is 5. The lowest BCUT2D eigenvalue weighted by atomic mass is 9.85. The van der Waals surface area contributed by atoms with Crippen LogP contribution < -0.4 is 16.2 Å². The van der Waals surface area contributed by atoms with Crippen LogP contribution in [0.3, 0.4) is 0 Å². The van der Waals surface area contributed by atoms with Gasteiger partial charge in [-0.3, -0.25) is 14.2 Å². The number of benzene rings is 3. The van der Waals surface area contributed by atoms with E-state index in [9.17, 15) is 14.9 Å². The molecule has 7 nitrogen and oxygen atoms in total. The van der Waals surface area contributed by atoms with Crippen LogP contribution in [0.4, 0.5) is 5.69 Å². The quantitative estimate of drug-likeness (QED) is 0.407. The number of aromatic nitrogens is 2. The number of nitrogens with zero attached hydrogens (tertiary/aromatic N) is 3. The Bertz CT molecular complexity index is 1670. The molecule has 3 aromatic carbocycles. The van der Waals surface area contributed by atoms with Crippen molar-refractivity contribution < 1.29 is 4.79 Å². The molecule has 4 rings (SSSR count). The highest BCUT2D eigenvalue weighted by atomic mass is 16.1. The number of aryl methyl sites for hydroxylation is 1. The smallest absolute Gasteiger partial charge is 0.265 e. The van der Waals surface area contributed by atoms with Gasteiger partial charge in [0.1, 0.15) is 6.33 Å². The minimum atomic E-state index is -0.712. The summed E-state index contributed by atoms with van der Waals surface area (Å²) in [5.74, 6) is 5.74. The number of nitriles is 1. The molecule has 0 aliphatic carbocycles. The lowest BCUT2D eigenvalue weighted by molar-refractivity contribution is 0.102. The predicted octanol–water partition coefficient (Wildman–Crippen LogP) is 4.32. The van der Waals surface area contributed by atoms with Crippen LogP contribution in [0.25, 0.3) is 16.6 Å². The fraction of sp³-hybridized carbons (Fsp3) is 0.200. The molecule has 0 spiro atoms. The Morgan fingerprint density at radius 3 is 2.68 bits per heavy atom. The van der Waals surface area contributed by atoms with Crippen molar-refractivity contribution in [1.82, 2.24) is 14.9 Å². The second-order valence-electron chi connectivity index (χ2n) is 9.26. The average Bonchev–Trinajstić information content (AvgIpc) is 2.90. The van der Waals surface area contributed by atoms with E-state index in [1.807, 2.05) is 46.0 Å². The summed E-state index contributed by atoms with van der Waals surface area (Å²) in [4.78, 5) is 30.9. The van der Waals surface area contributed by atoms with Gasteiger partial charge in [-0.25, -0.2) is 4.98 Å². The summed E-state index contributed by atoms with van der Waals surface area (Å²) >= 11 is 0. The van der Waals surface area contributed by atoms with Gasteiger partial charge in [0.25, 0.3) is 11.5 Å². The van der Waals surface area contributed by atoms with Crippen LogP contribution >= 0.6 is 0 Å². The number of amides is 1. The highest BCUT2D eigenvalue weighted by molar-refractivity contribution is 6.04. The second-order valence-corrected chi connectivity index (χ2v) is 9.26. The van der Waals surface area contributed by atoms with Crippen molar-refractivity contribution in [2.45, 2.75) is 26.2 Å². The van der Waals surface area contributed by atoms with E-state index >= 15 is 0 Å². The first-order chi connectivity index (χ1) is 17.7. The van der Waals surface area contributed by atoms with Crippen molar-refractivity contribution in [3.05, 3.63) is 99.6 Å². The Kier molecular flexibility index (Phi) is 7.20. The fourth-order valence-corrected chi connectivity index (χ4v) is 3.87. The molecule has 7 heteroatoms. The molecule has 1 aromatic heterocycles. The van der Waals surface area contributed by atoms with Crippen molar-refractivity contribution in [2.24, 2.45) is 0 Å². The van der Waals surface area contributed by atoms with Crippen molar-refractivity contribution in [3.63, 3.8) is 0 Å². The number of hydrogen-bond acceptors (Lipinski definition) is 5. The van der Waals surface area contributed by atoms with Crippen LogP contribution in [0.1, 0.15) is 40.9 Å². The van der Waals surface area contributed by atoms with E-state index in [0.717, 1.165) is 16.7 Å². The molecule has 0 bridgehead atoms. The molecule has 184 valence electrons. The van der Waals surface area contributed by atoms with E-state index in [0.29, 0.717) is 34.4 Å². The van der Waals surface area contributed by atoms with Gasteiger partial charge in [-0.05, 0) is 81.4 Å². The Labute approximate surface area is 215 Å². The van der Waals surface area contributed by atoms with Gasteiger partial charge >= 0.3 is 0 Å². The van der Waals surface area contributed by atoms with E-state index in [1.54, 1.807) is 42.5 Å². The molecule has 0 radical (unpaired) electrons. The average molecular weight is 490 g/mol. The van der Waals surface area contributed by atoms with Gasteiger partial charge in [0.2, 0.25) is 0 Å². The Morgan fingerprint density at radius 2 is 1.92 bits per heavy atom. The Balaban J connectivity index is 1.68. The normalized spacial score (nSPS) is 10.9. The van der Waals surface area contributed by atoms with Crippen LogP contribution in [0.15, 0.2) is 71.8 Å². The Morgan fingerprint density at radius 1 is 1.11 bits per heavy atom. The summed E-state index contributed by atoms with van der Waals surface area (Å²) in [5.41, 5.74) is 3.59. The van der Waals surface area contributed by atoms with E-state index in [-0.39, 0.29) is 11.5 Å². The molecular formula is C30H27N5O2. The topological polar surface area (TPSA) is 99.8 Å². The van der Waals surface area contributed by atoms with E-state index in [1.165, 1.54) is 10.9 Å². The highest BCUT2D eigenvalue weighted by Gasteiger charge is 2.21. The third-order valence-electron chi connectivity index (χ3n) is 6.11. The maximum atomic E-state index is 13.4. The summed E-state index contributed by atoms with van der Waals surface area (Å²) in [6.07, 6.45) is 1.50. The zero-order valence-electron chi connectivity index (χ0n) is 21.2. The molecule has 2 N–H and O–H groups in total. The molecule has 1 amide bonds. The van der Waals surface area contributed by atoms with Crippen LogP contribution in [-0.4, -0.2) is 29.1 Å². The minimum Gasteiger partial charge on any atom is -0.322 e. The summed E-state index contributed by atoms with van der Waals surface area (Å²) in [6.45, 7) is 6.06. The third-order valence-corrected chi connectivity index (χ3v) is 6.11. The SMILES string of the molecule is CNCC#Cc1ccc2ncn(-c3cc(NC(=O)c4cccc(C(C)(C)C#N)c4)ccc3C)c(=O)c2c1. The maximum absolute atomic E-state index is 13.4. The number of nitrogens with one attached hydrogen (secondary N) is 2. The maximum Gasteiger partial charge on any atom is 0.265 e. The van der Waals surface area contributed by atoms with Crippen molar-refractivity contribution in [2.75, 3.05) is 18.9 Å². The molecule has 1 heterocycles. The second kappa shape index (κ2) is 10.5. The standard InChI is InChI=1S/C30H27N5O2/c1-20-10-12-24(34-28(36)22-8-5-9-23(16-22)30(2,3)18-31)17-27(20)35-19-33-26-13-11-21(7-6-14-32-4)15-25(26)29(35)37/h5,8-13,15-17,19,32H,14H2,1-4H3,(H,34,36). The first-order valence-corrected chi connectivity index (χ1v) is 11.8. The predicted molar refractivity (Wildman–Crippen MR) is 146 cm³/mol. The summed E-state index contributed by atoms with van der Waals surface area (Å²) in [7, 11) is 1.82. The summed E-state index contributed by atoms with van der Waals surface area (Å²) in [5, 5.41) is 15.8. The molecule has 4 aromatic rings. The van der Waals surface area contributed by atoms with E-state index < -0.39 is 5.41 Å². The largest absolute Gasteiger partial charge is 0.322 e. The number of hydrogen-bond donors (Lipinski definition) is 2. The molecule has 0 atom stereocenters. The van der Waals surface area contributed by atoms with Crippen LogP contribution in [0, 0.1) is 30.1 Å². The first-order valence-electron chi connectivity index (χ1n) is 11.8. The van der Waals surface area contributed by atoms with Crippen molar-refractivity contribution >= 4 is 22.5 Å². The van der Waals surface area contributed by atoms with Gasteiger partial charge in [0.15, 0.2) is 0 Å². The lowest BCUT2D eigenvalue weighted by Crippen LogP contribution is -2.20. The Hall–Kier alpha value is -4.72. The number of carbonyl (C=O) groups is 1. The zero-order chi connectivity index (χ0) is 26.6. The fourth-order valence-electron chi connectivity index (χ4n) is 3.87.